The van der Waals surface area contributed by atoms with Gasteiger partial charge in [0.05, 0.1) is 21.3 Å². The highest BCUT2D eigenvalue weighted by molar-refractivity contribution is 7.99. The van der Waals surface area contributed by atoms with Crippen molar-refractivity contribution in [3.05, 3.63) is 65.7 Å². The van der Waals surface area contributed by atoms with E-state index in [9.17, 15) is 9.59 Å². The molecular weight excluding hydrogens is 424 g/mol. The molecule has 0 heterocycles. The lowest BCUT2D eigenvalue weighted by atomic mass is 9.71. The molecule has 32 heavy (non-hydrogen) atoms. The average Bonchev–Trinajstić information content (AvgIpc) is 2.85. The Balaban J connectivity index is 2.35. The van der Waals surface area contributed by atoms with Crippen molar-refractivity contribution in [2.75, 3.05) is 21.3 Å². The molecule has 2 rings (SSSR count). The maximum Gasteiger partial charge on any atom is 0.323 e. The fourth-order valence-corrected chi connectivity index (χ4v) is 5.24. The molecule has 2 atom stereocenters. The number of hydrogen-bond acceptors (Lipinski definition) is 6. The van der Waals surface area contributed by atoms with Gasteiger partial charge >= 0.3 is 11.9 Å². The van der Waals surface area contributed by atoms with Crippen LogP contribution in [0.15, 0.2) is 54.6 Å². The van der Waals surface area contributed by atoms with Crippen LogP contribution in [0.25, 0.3) is 0 Å². The molecule has 0 N–H and O–H groups in total. The van der Waals surface area contributed by atoms with E-state index < -0.39 is 17.4 Å². The van der Waals surface area contributed by atoms with Crippen LogP contribution in [0, 0.1) is 11.3 Å². The lowest BCUT2D eigenvalue weighted by Crippen LogP contribution is -2.48. The first kappa shape index (κ1) is 25.8. The molecule has 0 amide bonds. The minimum Gasteiger partial charge on any atom is -0.497 e. The van der Waals surface area contributed by atoms with E-state index in [2.05, 4.69) is 12.1 Å². The zero-order valence-corrected chi connectivity index (χ0v) is 20.4. The van der Waals surface area contributed by atoms with Crippen molar-refractivity contribution in [2.45, 2.75) is 44.1 Å². The number of carbonyl (C=O) groups is 2. The van der Waals surface area contributed by atoms with Crippen molar-refractivity contribution in [1.82, 2.24) is 0 Å². The molecule has 0 radical (unpaired) electrons. The van der Waals surface area contributed by atoms with E-state index in [-0.39, 0.29) is 11.2 Å². The van der Waals surface area contributed by atoms with Crippen LogP contribution in [0.4, 0.5) is 0 Å². The van der Waals surface area contributed by atoms with Crippen molar-refractivity contribution in [1.29, 1.82) is 0 Å². The van der Waals surface area contributed by atoms with Gasteiger partial charge in [0.2, 0.25) is 0 Å². The fraction of sp³-hybridized carbons (Fsp3) is 0.462. The molecule has 174 valence electrons. The lowest BCUT2D eigenvalue weighted by Gasteiger charge is -2.36. The van der Waals surface area contributed by atoms with Crippen molar-refractivity contribution in [3.8, 4) is 5.75 Å². The second kappa shape index (κ2) is 12.5. The summed E-state index contributed by atoms with van der Waals surface area (Å²) < 4.78 is 15.5. The lowest BCUT2D eigenvalue weighted by molar-refractivity contribution is -0.174. The minimum atomic E-state index is -1.34. The Morgan fingerprint density at radius 1 is 0.906 bits per heavy atom. The highest BCUT2D eigenvalue weighted by Crippen LogP contribution is 2.42. The molecule has 0 aliphatic heterocycles. The summed E-state index contributed by atoms with van der Waals surface area (Å²) in [4.78, 5) is 26.0. The standard InChI is InChI=1S/C26H34O5S/c1-6-19(2)26(24(27)30-4,25(28)31-5)17-23(16-20-10-8-7-9-11-20)32-18-21-12-14-22(29-3)15-13-21/h7-15,19,23H,6,16-18H2,1-5H3/t19?,23-/m1/s1. The van der Waals surface area contributed by atoms with Crippen LogP contribution in [0.2, 0.25) is 0 Å². The van der Waals surface area contributed by atoms with Crippen LogP contribution in [-0.4, -0.2) is 38.5 Å². The summed E-state index contributed by atoms with van der Waals surface area (Å²) in [6.45, 7) is 3.89. The van der Waals surface area contributed by atoms with E-state index in [1.165, 1.54) is 14.2 Å². The van der Waals surface area contributed by atoms with E-state index in [1.54, 1.807) is 18.9 Å². The van der Waals surface area contributed by atoms with Crippen LogP contribution in [-0.2, 0) is 31.2 Å². The van der Waals surface area contributed by atoms with E-state index in [4.69, 9.17) is 14.2 Å². The van der Waals surface area contributed by atoms with Crippen LogP contribution in [0.3, 0.4) is 0 Å². The van der Waals surface area contributed by atoms with Gasteiger partial charge in [-0.05, 0) is 42.0 Å². The third kappa shape index (κ3) is 6.28. The quantitative estimate of drug-likeness (QED) is 0.317. The predicted octanol–water partition coefficient (Wildman–Crippen LogP) is 5.31. The van der Waals surface area contributed by atoms with Gasteiger partial charge in [0, 0.05) is 11.0 Å². The topological polar surface area (TPSA) is 61.8 Å². The van der Waals surface area contributed by atoms with Crippen molar-refractivity contribution in [3.63, 3.8) is 0 Å². The van der Waals surface area contributed by atoms with Crippen LogP contribution in [0.1, 0.15) is 37.8 Å². The Morgan fingerprint density at radius 3 is 2.00 bits per heavy atom. The Hall–Kier alpha value is -2.47. The molecule has 2 aromatic carbocycles. The van der Waals surface area contributed by atoms with E-state index >= 15 is 0 Å². The zero-order chi connectivity index (χ0) is 23.6. The average molecular weight is 459 g/mol. The summed E-state index contributed by atoms with van der Waals surface area (Å²) in [5.74, 6) is 0.290. The molecular formula is C26H34O5S. The summed E-state index contributed by atoms with van der Waals surface area (Å²) in [7, 11) is 4.31. The van der Waals surface area contributed by atoms with Crippen molar-refractivity contribution >= 4 is 23.7 Å². The second-order valence-corrected chi connectivity index (χ2v) is 9.23. The summed E-state index contributed by atoms with van der Waals surface area (Å²) in [6, 6.07) is 18.1. The smallest absolute Gasteiger partial charge is 0.323 e. The minimum absolute atomic E-state index is 0.00621. The molecule has 0 spiro atoms. The van der Waals surface area contributed by atoms with Crippen LogP contribution >= 0.6 is 11.8 Å². The Kier molecular flexibility index (Phi) is 10.1. The summed E-state index contributed by atoms with van der Waals surface area (Å²) in [6.07, 6.45) is 1.73. The Labute approximate surface area is 195 Å². The van der Waals surface area contributed by atoms with Crippen LogP contribution < -0.4 is 4.74 Å². The highest BCUT2D eigenvalue weighted by Gasteiger charge is 2.53. The normalized spacial score (nSPS) is 13.2. The SMILES string of the molecule is CCC(C)C(C[C@@H](Cc1ccccc1)SCc1ccc(OC)cc1)(C(=O)OC)C(=O)OC. The van der Waals surface area contributed by atoms with E-state index in [1.807, 2.05) is 56.3 Å². The molecule has 0 aliphatic rings. The third-order valence-corrected chi connectivity index (χ3v) is 7.36. The molecule has 1 unspecified atom stereocenters. The monoisotopic (exact) mass is 458 g/mol. The summed E-state index contributed by atoms with van der Waals surface area (Å²) in [5.41, 5.74) is 0.969. The largest absolute Gasteiger partial charge is 0.497 e. The van der Waals surface area contributed by atoms with Gasteiger partial charge in [-0.25, -0.2) is 0 Å². The van der Waals surface area contributed by atoms with E-state index in [0.717, 1.165) is 29.1 Å². The molecule has 0 fully saturated rings. The van der Waals surface area contributed by atoms with E-state index in [0.29, 0.717) is 12.8 Å². The Morgan fingerprint density at radius 2 is 1.50 bits per heavy atom. The molecule has 0 aromatic heterocycles. The number of methoxy groups -OCH3 is 3. The number of carbonyl (C=O) groups excluding carboxylic acids is 2. The highest BCUT2D eigenvalue weighted by atomic mass is 32.2. The predicted molar refractivity (Wildman–Crippen MR) is 129 cm³/mol. The first-order valence-corrected chi connectivity index (χ1v) is 11.9. The number of thioether (sulfide) groups is 1. The Bertz CT molecular complexity index is 834. The summed E-state index contributed by atoms with van der Waals surface area (Å²) in [5, 5.41) is 0.00621. The van der Waals surface area contributed by atoms with Gasteiger partial charge in [-0.3, -0.25) is 9.59 Å². The fourth-order valence-electron chi connectivity index (χ4n) is 3.93. The number of esters is 2. The molecule has 0 saturated heterocycles. The van der Waals surface area contributed by atoms with Gasteiger partial charge in [0.1, 0.15) is 5.75 Å². The van der Waals surface area contributed by atoms with Gasteiger partial charge in [-0.2, -0.15) is 11.8 Å². The number of ether oxygens (including phenoxy) is 3. The molecule has 0 aliphatic carbocycles. The van der Waals surface area contributed by atoms with Gasteiger partial charge < -0.3 is 14.2 Å². The van der Waals surface area contributed by atoms with Gasteiger partial charge in [-0.1, -0.05) is 62.7 Å². The van der Waals surface area contributed by atoms with Crippen molar-refractivity contribution in [2.24, 2.45) is 11.3 Å². The molecule has 2 aromatic rings. The number of rotatable bonds is 12. The molecule has 6 heteroatoms. The number of hydrogen-bond donors (Lipinski definition) is 0. The second-order valence-electron chi connectivity index (χ2n) is 7.94. The van der Waals surface area contributed by atoms with Crippen molar-refractivity contribution < 1.29 is 23.8 Å². The molecule has 5 nitrogen and oxygen atoms in total. The van der Waals surface area contributed by atoms with Crippen LogP contribution in [0.5, 0.6) is 5.75 Å². The molecule has 0 bridgehead atoms. The summed E-state index contributed by atoms with van der Waals surface area (Å²) >= 11 is 1.74. The first-order valence-electron chi connectivity index (χ1n) is 10.9. The number of benzene rings is 2. The maximum atomic E-state index is 13.0. The third-order valence-electron chi connectivity index (χ3n) is 6.05. The van der Waals surface area contributed by atoms with Gasteiger partial charge in [0.15, 0.2) is 5.41 Å². The zero-order valence-electron chi connectivity index (χ0n) is 19.6. The molecule has 0 saturated carbocycles. The maximum absolute atomic E-state index is 13.0. The first-order chi connectivity index (χ1) is 15.4. The van der Waals surface area contributed by atoms with Gasteiger partial charge in [-0.15, -0.1) is 0 Å². The van der Waals surface area contributed by atoms with Gasteiger partial charge in [0.25, 0.3) is 0 Å².